The maximum Gasteiger partial charge on any atom is 0.305 e. The molecule has 0 spiro atoms. The molecule has 0 fully saturated rings. The van der Waals surface area contributed by atoms with Crippen molar-refractivity contribution in [1.29, 1.82) is 0 Å². The molecule has 1 aromatic carbocycles. The van der Waals surface area contributed by atoms with Gasteiger partial charge in [-0.25, -0.2) is 0 Å². The number of hydrogen-bond donors (Lipinski definition) is 2. The van der Waals surface area contributed by atoms with E-state index >= 15 is 0 Å². The second kappa shape index (κ2) is 7.25. The van der Waals surface area contributed by atoms with E-state index in [0.717, 1.165) is 11.1 Å². The molecule has 0 aliphatic heterocycles. The fourth-order valence-electron chi connectivity index (χ4n) is 2.29. The van der Waals surface area contributed by atoms with Gasteiger partial charge in [0.2, 0.25) is 5.91 Å². The summed E-state index contributed by atoms with van der Waals surface area (Å²) in [5.74, 6) is -1.02. The van der Waals surface area contributed by atoms with Crippen LogP contribution in [0.4, 0.5) is 0 Å². The lowest BCUT2D eigenvalue weighted by Gasteiger charge is -2.25. The molecular formula is C17H25NO3. The van der Waals surface area contributed by atoms with Crippen molar-refractivity contribution in [3.8, 4) is 0 Å². The summed E-state index contributed by atoms with van der Waals surface area (Å²) in [4.78, 5) is 23.0. The molecule has 2 N–H and O–H groups in total. The average Bonchev–Trinajstić information content (AvgIpc) is 2.28. The van der Waals surface area contributed by atoms with Gasteiger partial charge in [-0.3, -0.25) is 9.59 Å². The Kier molecular flexibility index (Phi) is 5.94. The van der Waals surface area contributed by atoms with Crippen LogP contribution in [0.15, 0.2) is 24.3 Å². The van der Waals surface area contributed by atoms with Crippen molar-refractivity contribution in [2.45, 2.75) is 53.0 Å². The molecule has 1 unspecified atom stereocenters. The predicted molar refractivity (Wildman–Crippen MR) is 83.1 cm³/mol. The maximum absolute atomic E-state index is 12.1. The van der Waals surface area contributed by atoms with E-state index in [9.17, 15) is 9.59 Å². The van der Waals surface area contributed by atoms with Crippen LogP contribution in [0.3, 0.4) is 0 Å². The lowest BCUT2D eigenvalue weighted by Crippen LogP contribution is -2.39. The van der Waals surface area contributed by atoms with Crippen LogP contribution in [0.25, 0.3) is 0 Å². The third-order valence-electron chi connectivity index (χ3n) is 3.13. The van der Waals surface area contributed by atoms with E-state index in [2.05, 4.69) is 5.32 Å². The molecule has 0 aliphatic carbocycles. The molecule has 1 amide bonds. The zero-order valence-corrected chi connectivity index (χ0v) is 13.3. The lowest BCUT2D eigenvalue weighted by atomic mass is 9.87. The summed E-state index contributed by atoms with van der Waals surface area (Å²) in [5, 5.41) is 11.8. The van der Waals surface area contributed by atoms with Crippen molar-refractivity contribution in [2.24, 2.45) is 5.41 Å². The topological polar surface area (TPSA) is 66.4 Å². The lowest BCUT2D eigenvalue weighted by molar-refractivity contribution is -0.137. The molecule has 1 atom stereocenters. The highest BCUT2D eigenvalue weighted by molar-refractivity contribution is 5.79. The SMILES string of the molecule is Cc1ccc(CC(=O)NC(CC(=O)O)CC(C)(C)C)cc1. The summed E-state index contributed by atoms with van der Waals surface area (Å²) in [5.41, 5.74) is 2.05. The number of benzene rings is 1. The van der Waals surface area contributed by atoms with Crippen molar-refractivity contribution < 1.29 is 14.7 Å². The number of carbonyl (C=O) groups is 2. The summed E-state index contributed by atoms with van der Waals surface area (Å²) in [7, 11) is 0. The van der Waals surface area contributed by atoms with Gasteiger partial charge in [0.05, 0.1) is 12.8 Å². The molecule has 116 valence electrons. The van der Waals surface area contributed by atoms with E-state index in [0.29, 0.717) is 6.42 Å². The summed E-state index contributed by atoms with van der Waals surface area (Å²) in [6.45, 7) is 8.10. The Morgan fingerprint density at radius 2 is 1.76 bits per heavy atom. The van der Waals surface area contributed by atoms with Crippen molar-refractivity contribution in [1.82, 2.24) is 5.32 Å². The molecule has 0 radical (unpaired) electrons. The van der Waals surface area contributed by atoms with Crippen LogP contribution >= 0.6 is 0 Å². The summed E-state index contributed by atoms with van der Waals surface area (Å²) < 4.78 is 0. The maximum atomic E-state index is 12.1. The monoisotopic (exact) mass is 291 g/mol. The molecule has 0 heterocycles. The minimum absolute atomic E-state index is 0.0305. The largest absolute Gasteiger partial charge is 0.481 e. The van der Waals surface area contributed by atoms with E-state index in [1.807, 2.05) is 52.0 Å². The molecule has 0 aromatic heterocycles. The Bertz CT molecular complexity index is 486. The minimum Gasteiger partial charge on any atom is -0.481 e. The van der Waals surface area contributed by atoms with Crippen LogP contribution in [-0.4, -0.2) is 23.0 Å². The third kappa shape index (κ3) is 7.49. The smallest absolute Gasteiger partial charge is 0.305 e. The Balaban J connectivity index is 2.62. The molecule has 0 bridgehead atoms. The highest BCUT2D eigenvalue weighted by Crippen LogP contribution is 2.22. The number of aryl methyl sites for hydroxylation is 1. The van der Waals surface area contributed by atoms with Gasteiger partial charge in [0.15, 0.2) is 0 Å². The summed E-state index contributed by atoms with van der Waals surface area (Å²) in [6, 6.07) is 7.44. The standard InChI is InChI=1S/C17H25NO3/c1-12-5-7-13(8-6-12)9-15(19)18-14(10-16(20)21)11-17(2,3)4/h5-8,14H,9-11H2,1-4H3,(H,18,19)(H,20,21). The highest BCUT2D eigenvalue weighted by Gasteiger charge is 2.22. The summed E-state index contributed by atoms with van der Waals surface area (Å²) in [6.07, 6.45) is 0.871. The van der Waals surface area contributed by atoms with Gasteiger partial charge < -0.3 is 10.4 Å². The van der Waals surface area contributed by atoms with Crippen LogP contribution in [0, 0.1) is 12.3 Å². The number of carbonyl (C=O) groups excluding carboxylic acids is 1. The first-order valence-corrected chi connectivity index (χ1v) is 7.22. The van der Waals surface area contributed by atoms with E-state index in [-0.39, 0.29) is 30.2 Å². The third-order valence-corrected chi connectivity index (χ3v) is 3.13. The van der Waals surface area contributed by atoms with Gasteiger partial charge in [-0.15, -0.1) is 0 Å². The molecule has 0 aliphatic rings. The molecule has 0 saturated heterocycles. The van der Waals surface area contributed by atoms with E-state index in [4.69, 9.17) is 5.11 Å². The molecule has 4 heteroatoms. The van der Waals surface area contributed by atoms with E-state index in [1.165, 1.54) is 0 Å². The van der Waals surface area contributed by atoms with Gasteiger partial charge in [-0.2, -0.15) is 0 Å². The number of carboxylic acid groups (broad SMARTS) is 1. The van der Waals surface area contributed by atoms with Crippen molar-refractivity contribution in [2.75, 3.05) is 0 Å². The molecule has 1 aromatic rings. The molecule has 1 rings (SSSR count). The van der Waals surface area contributed by atoms with Gasteiger partial charge in [0.1, 0.15) is 0 Å². The second-order valence-electron chi connectivity index (χ2n) is 6.79. The van der Waals surface area contributed by atoms with E-state index in [1.54, 1.807) is 0 Å². The number of carboxylic acids is 1. The fourth-order valence-corrected chi connectivity index (χ4v) is 2.29. The fraction of sp³-hybridized carbons (Fsp3) is 0.529. The Morgan fingerprint density at radius 1 is 1.19 bits per heavy atom. The number of aliphatic carboxylic acids is 1. The zero-order chi connectivity index (χ0) is 16.0. The normalized spacial score (nSPS) is 12.8. The van der Waals surface area contributed by atoms with Crippen LogP contribution in [0.2, 0.25) is 0 Å². The number of amides is 1. The quantitative estimate of drug-likeness (QED) is 0.847. The molecule has 21 heavy (non-hydrogen) atoms. The van der Waals surface area contributed by atoms with Gasteiger partial charge in [-0.05, 0) is 24.3 Å². The van der Waals surface area contributed by atoms with Crippen LogP contribution in [0.1, 0.15) is 44.7 Å². The number of nitrogens with one attached hydrogen (secondary N) is 1. The summed E-state index contributed by atoms with van der Waals surface area (Å²) >= 11 is 0. The molecule has 0 saturated carbocycles. The molecule has 4 nitrogen and oxygen atoms in total. The van der Waals surface area contributed by atoms with Gasteiger partial charge in [-0.1, -0.05) is 50.6 Å². The Hall–Kier alpha value is -1.84. The first-order valence-electron chi connectivity index (χ1n) is 7.22. The number of rotatable bonds is 6. The highest BCUT2D eigenvalue weighted by atomic mass is 16.4. The first-order chi connectivity index (χ1) is 9.65. The predicted octanol–water partition coefficient (Wildman–Crippen LogP) is 2.93. The van der Waals surface area contributed by atoms with Crippen molar-refractivity contribution in [3.63, 3.8) is 0 Å². The van der Waals surface area contributed by atoms with Crippen molar-refractivity contribution in [3.05, 3.63) is 35.4 Å². The van der Waals surface area contributed by atoms with Gasteiger partial charge in [0, 0.05) is 6.04 Å². The Labute approximate surface area is 126 Å². The Morgan fingerprint density at radius 3 is 2.24 bits per heavy atom. The first kappa shape index (κ1) is 17.2. The van der Waals surface area contributed by atoms with Crippen molar-refractivity contribution >= 4 is 11.9 Å². The molecular weight excluding hydrogens is 266 g/mol. The second-order valence-corrected chi connectivity index (χ2v) is 6.79. The van der Waals surface area contributed by atoms with Crippen LogP contribution < -0.4 is 5.32 Å². The average molecular weight is 291 g/mol. The van der Waals surface area contributed by atoms with Gasteiger partial charge in [0.25, 0.3) is 0 Å². The van der Waals surface area contributed by atoms with Crippen LogP contribution in [-0.2, 0) is 16.0 Å². The number of hydrogen-bond acceptors (Lipinski definition) is 2. The minimum atomic E-state index is -0.889. The van der Waals surface area contributed by atoms with Gasteiger partial charge >= 0.3 is 5.97 Å². The van der Waals surface area contributed by atoms with E-state index < -0.39 is 5.97 Å². The van der Waals surface area contributed by atoms with Crippen LogP contribution in [0.5, 0.6) is 0 Å². The zero-order valence-electron chi connectivity index (χ0n) is 13.3.